The second kappa shape index (κ2) is 7.77. The third kappa shape index (κ3) is 3.95. The number of sulfonamides is 1. The number of benzene rings is 2. The number of aliphatic hydroxyl groups excluding tert-OH is 1. The average Bonchev–Trinajstić information content (AvgIpc) is 2.99. The molecule has 0 aliphatic carbocycles. The zero-order chi connectivity index (χ0) is 20.5. The van der Waals surface area contributed by atoms with E-state index in [0.29, 0.717) is 16.8 Å². The van der Waals surface area contributed by atoms with Gasteiger partial charge in [0.05, 0.1) is 16.7 Å². The molecule has 28 heavy (non-hydrogen) atoms. The first-order chi connectivity index (χ1) is 13.2. The van der Waals surface area contributed by atoms with E-state index in [4.69, 9.17) is 4.52 Å². The fraction of sp³-hybridized carbons (Fsp3) is 0.286. The zero-order valence-corrected chi connectivity index (χ0v) is 17.1. The maximum absolute atomic E-state index is 13.0. The normalized spacial score (nSPS) is 12.9. The largest absolute Gasteiger partial charge is 0.388 e. The van der Waals surface area contributed by atoms with Crippen LogP contribution in [0.1, 0.15) is 36.8 Å². The van der Waals surface area contributed by atoms with Crippen molar-refractivity contribution in [2.45, 2.75) is 38.7 Å². The first-order valence-electron chi connectivity index (χ1n) is 9.04. The summed E-state index contributed by atoms with van der Waals surface area (Å²) in [6.07, 6.45) is -0.563. The molecule has 6 nitrogen and oxygen atoms in total. The lowest BCUT2D eigenvalue weighted by atomic mass is 9.96. The van der Waals surface area contributed by atoms with E-state index in [1.165, 1.54) is 0 Å². The lowest BCUT2D eigenvalue weighted by Gasteiger charge is -2.16. The topological polar surface area (TPSA) is 92.4 Å². The number of aryl methyl sites for hydroxylation is 1. The Hall–Kier alpha value is -2.64. The van der Waals surface area contributed by atoms with Crippen LogP contribution in [-0.2, 0) is 10.0 Å². The Balaban J connectivity index is 1.98. The van der Waals surface area contributed by atoms with Crippen LogP contribution in [0.4, 0.5) is 5.88 Å². The van der Waals surface area contributed by atoms with Crippen molar-refractivity contribution in [3.63, 3.8) is 0 Å². The number of aliphatic hydroxyl groups is 1. The van der Waals surface area contributed by atoms with Crippen molar-refractivity contribution in [2.75, 3.05) is 4.72 Å². The molecule has 1 aromatic heterocycles. The van der Waals surface area contributed by atoms with Crippen LogP contribution in [0.2, 0.25) is 0 Å². The molecular formula is C21H24N2O4S. The summed E-state index contributed by atoms with van der Waals surface area (Å²) in [5.74, 6) is 0.207. The van der Waals surface area contributed by atoms with Gasteiger partial charge in [0.25, 0.3) is 10.0 Å². The Labute approximate surface area is 165 Å². The van der Waals surface area contributed by atoms with Gasteiger partial charge in [-0.05, 0) is 37.0 Å². The van der Waals surface area contributed by atoms with Gasteiger partial charge in [0, 0.05) is 11.1 Å². The molecule has 7 heteroatoms. The van der Waals surface area contributed by atoms with Gasteiger partial charge in [-0.2, -0.15) is 0 Å². The lowest BCUT2D eigenvalue weighted by molar-refractivity contribution is 0.127. The van der Waals surface area contributed by atoms with E-state index >= 15 is 0 Å². The Morgan fingerprint density at radius 3 is 2.25 bits per heavy atom. The van der Waals surface area contributed by atoms with Crippen LogP contribution in [0.15, 0.2) is 57.9 Å². The smallest absolute Gasteiger partial charge is 0.264 e. The maximum atomic E-state index is 13.0. The minimum atomic E-state index is -3.87. The Bertz CT molecular complexity index is 1070. The highest BCUT2D eigenvalue weighted by Crippen LogP contribution is 2.31. The predicted molar refractivity (Wildman–Crippen MR) is 108 cm³/mol. The van der Waals surface area contributed by atoms with Gasteiger partial charge in [0.1, 0.15) is 0 Å². The molecule has 2 N–H and O–H groups in total. The summed E-state index contributed by atoms with van der Waals surface area (Å²) in [7, 11) is -3.87. The number of aromatic nitrogens is 1. The summed E-state index contributed by atoms with van der Waals surface area (Å²) < 4.78 is 33.5. The van der Waals surface area contributed by atoms with Gasteiger partial charge in [-0.25, -0.2) is 13.1 Å². The lowest BCUT2D eigenvalue weighted by Crippen LogP contribution is -2.14. The molecule has 0 saturated carbocycles. The fourth-order valence-electron chi connectivity index (χ4n) is 2.87. The molecule has 1 unspecified atom stereocenters. The minimum Gasteiger partial charge on any atom is -0.388 e. The number of hydrogen-bond donors (Lipinski definition) is 2. The van der Waals surface area contributed by atoms with Crippen molar-refractivity contribution in [1.82, 2.24) is 5.16 Å². The highest BCUT2D eigenvalue weighted by atomic mass is 32.2. The van der Waals surface area contributed by atoms with Crippen molar-refractivity contribution in [3.05, 3.63) is 65.4 Å². The van der Waals surface area contributed by atoms with E-state index in [1.807, 2.05) is 38.1 Å². The van der Waals surface area contributed by atoms with E-state index in [0.717, 1.165) is 11.1 Å². The zero-order valence-electron chi connectivity index (χ0n) is 16.3. The van der Waals surface area contributed by atoms with Crippen molar-refractivity contribution in [1.29, 1.82) is 0 Å². The monoisotopic (exact) mass is 400 g/mol. The molecule has 0 radical (unpaired) electrons. The van der Waals surface area contributed by atoms with Crippen LogP contribution >= 0.6 is 0 Å². The third-order valence-corrected chi connectivity index (χ3v) is 6.14. The number of hydrogen-bond acceptors (Lipinski definition) is 5. The second-order valence-electron chi connectivity index (χ2n) is 7.13. The van der Waals surface area contributed by atoms with Crippen LogP contribution in [-0.4, -0.2) is 18.7 Å². The molecule has 0 amide bonds. The SMILES string of the molecule is Cc1noc(NS(=O)(=O)c2ccccc2-c2ccc(C(O)C(C)C)cc2)c1C. The minimum absolute atomic E-state index is 0.0938. The number of anilines is 1. The average molecular weight is 401 g/mol. The Morgan fingerprint density at radius 1 is 1.04 bits per heavy atom. The van der Waals surface area contributed by atoms with Crippen LogP contribution in [0.3, 0.4) is 0 Å². The summed E-state index contributed by atoms with van der Waals surface area (Å²) >= 11 is 0. The van der Waals surface area contributed by atoms with Crippen molar-refractivity contribution in [3.8, 4) is 11.1 Å². The van der Waals surface area contributed by atoms with E-state index in [9.17, 15) is 13.5 Å². The van der Waals surface area contributed by atoms with Gasteiger partial charge in [0.2, 0.25) is 5.88 Å². The number of nitrogens with one attached hydrogen (secondary N) is 1. The molecule has 0 spiro atoms. The second-order valence-corrected chi connectivity index (χ2v) is 8.79. The van der Waals surface area contributed by atoms with Crippen LogP contribution in [0.5, 0.6) is 0 Å². The highest BCUT2D eigenvalue weighted by Gasteiger charge is 2.23. The van der Waals surface area contributed by atoms with Gasteiger partial charge in [-0.15, -0.1) is 0 Å². The Kier molecular flexibility index (Phi) is 5.58. The first-order valence-corrected chi connectivity index (χ1v) is 10.5. The summed E-state index contributed by atoms with van der Waals surface area (Å²) in [6.45, 7) is 7.38. The summed E-state index contributed by atoms with van der Waals surface area (Å²) in [6, 6.07) is 14.0. The number of rotatable bonds is 6. The molecule has 0 fully saturated rings. The van der Waals surface area contributed by atoms with Gasteiger partial charge in [-0.1, -0.05) is 61.5 Å². The standard InChI is InChI=1S/C21H24N2O4S/c1-13(2)20(24)17-11-9-16(10-12-17)18-7-5-6-8-19(18)28(25,26)23-21-14(3)15(4)22-27-21/h5-13,20,23-24H,1-4H3. The first kappa shape index (κ1) is 20.1. The summed E-state index contributed by atoms with van der Waals surface area (Å²) in [4.78, 5) is 0.139. The fourth-order valence-corrected chi connectivity index (χ4v) is 4.15. The van der Waals surface area contributed by atoms with Crippen LogP contribution in [0.25, 0.3) is 11.1 Å². The molecule has 1 atom stereocenters. The number of nitrogens with zero attached hydrogens (tertiary/aromatic N) is 1. The van der Waals surface area contributed by atoms with E-state index in [1.54, 1.807) is 38.1 Å². The maximum Gasteiger partial charge on any atom is 0.264 e. The van der Waals surface area contributed by atoms with Crippen LogP contribution < -0.4 is 4.72 Å². The molecule has 0 aliphatic rings. The van der Waals surface area contributed by atoms with Gasteiger partial charge in [-0.3, -0.25) is 0 Å². The highest BCUT2D eigenvalue weighted by molar-refractivity contribution is 7.92. The summed E-state index contributed by atoms with van der Waals surface area (Å²) in [5, 5.41) is 14.0. The third-order valence-electron chi connectivity index (χ3n) is 4.76. The molecule has 0 saturated heterocycles. The van der Waals surface area contributed by atoms with Gasteiger partial charge < -0.3 is 9.63 Å². The molecule has 0 bridgehead atoms. The molecule has 0 aliphatic heterocycles. The molecule has 148 valence electrons. The molecular weight excluding hydrogens is 376 g/mol. The van der Waals surface area contributed by atoms with Crippen LogP contribution in [0, 0.1) is 19.8 Å². The van der Waals surface area contributed by atoms with Crippen molar-refractivity contribution >= 4 is 15.9 Å². The molecule has 2 aromatic carbocycles. The van der Waals surface area contributed by atoms with Gasteiger partial charge in [0.15, 0.2) is 0 Å². The molecule has 3 aromatic rings. The molecule has 3 rings (SSSR count). The van der Waals surface area contributed by atoms with E-state index in [-0.39, 0.29) is 16.7 Å². The quantitative estimate of drug-likeness (QED) is 0.638. The van der Waals surface area contributed by atoms with E-state index < -0.39 is 16.1 Å². The van der Waals surface area contributed by atoms with E-state index in [2.05, 4.69) is 9.88 Å². The summed E-state index contributed by atoms with van der Waals surface area (Å²) in [5.41, 5.74) is 3.38. The van der Waals surface area contributed by atoms with Crippen molar-refractivity contribution < 1.29 is 18.0 Å². The van der Waals surface area contributed by atoms with Crippen molar-refractivity contribution in [2.24, 2.45) is 5.92 Å². The molecule has 1 heterocycles. The van der Waals surface area contributed by atoms with Gasteiger partial charge >= 0.3 is 0 Å². The predicted octanol–water partition coefficient (Wildman–Crippen LogP) is 4.45. The Morgan fingerprint density at radius 2 is 1.68 bits per heavy atom.